The molecule has 0 unspecified atom stereocenters. The van der Waals surface area contributed by atoms with E-state index in [1.54, 1.807) is 17.4 Å². The zero-order valence-electron chi connectivity index (χ0n) is 24.1. The number of esters is 1. The summed E-state index contributed by atoms with van der Waals surface area (Å²) in [5, 5.41) is 6.44. The summed E-state index contributed by atoms with van der Waals surface area (Å²) in [4.78, 5) is 19.8. The van der Waals surface area contributed by atoms with Gasteiger partial charge in [-0.25, -0.2) is 9.78 Å². The fourth-order valence-corrected chi connectivity index (χ4v) is 8.48. The molecule has 2 bridgehead atoms. The van der Waals surface area contributed by atoms with Crippen molar-refractivity contribution in [3.05, 3.63) is 57.3 Å². The number of thiazole rings is 1. The molecule has 4 heterocycles. The number of fused-ring (bicyclic) bond motifs is 3. The van der Waals surface area contributed by atoms with Gasteiger partial charge in [-0.1, -0.05) is 45.8 Å². The molecule has 8 rings (SSSR count). The second-order valence-electron chi connectivity index (χ2n) is 12.0. The van der Waals surface area contributed by atoms with Gasteiger partial charge in [0.2, 0.25) is 0 Å². The number of halogens is 2. The molecule has 44 heavy (non-hydrogen) atoms. The van der Waals surface area contributed by atoms with Crippen molar-refractivity contribution >= 4 is 55.9 Å². The Hall–Kier alpha value is -2.89. The lowest BCUT2D eigenvalue weighted by atomic mass is 10.0. The minimum atomic E-state index is -0.396. The van der Waals surface area contributed by atoms with Crippen LogP contribution in [0.25, 0.3) is 21.5 Å². The molecule has 0 radical (unpaired) electrons. The zero-order chi connectivity index (χ0) is 29.9. The van der Waals surface area contributed by atoms with Gasteiger partial charge in [0.1, 0.15) is 28.8 Å². The average Bonchev–Trinajstić information content (AvgIpc) is 3.51. The summed E-state index contributed by atoms with van der Waals surface area (Å²) in [5.74, 6) is 1.85. The molecule has 0 spiro atoms. The second-order valence-corrected chi connectivity index (χ2v) is 13.9. The van der Waals surface area contributed by atoms with Gasteiger partial charge in [0, 0.05) is 42.0 Å². The number of methoxy groups -OCH3 is 1. The molecule has 2 saturated heterocycles. The fourth-order valence-electron chi connectivity index (χ4n) is 6.80. The summed E-state index contributed by atoms with van der Waals surface area (Å²) in [6.45, 7) is 2.46. The molecule has 2 aliphatic carbocycles. The van der Waals surface area contributed by atoms with Crippen LogP contribution in [0.1, 0.15) is 59.7 Å². The molecule has 2 saturated carbocycles. The van der Waals surface area contributed by atoms with E-state index in [2.05, 4.69) is 10.1 Å². The summed E-state index contributed by atoms with van der Waals surface area (Å²) in [7, 11) is 1.39. The first-order valence-corrected chi connectivity index (χ1v) is 16.6. The minimum Gasteiger partial charge on any atom is -0.486 e. The van der Waals surface area contributed by atoms with Crippen LogP contribution in [0.15, 0.2) is 34.9 Å². The second kappa shape index (κ2) is 11.5. The van der Waals surface area contributed by atoms with E-state index in [4.69, 9.17) is 51.7 Å². The lowest BCUT2D eigenvalue weighted by Gasteiger charge is -2.31. The Balaban J connectivity index is 1.01. The number of rotatable bonds is 9. The van der Waals surface area contributed by atoms with Gasteiger partial charge in [0.25, 0.3) is 0 Å². The highest BCUT2D eigenvalue weighted by molar-refractivity contribution is 7.22. The van der Waals surface area contributed by atoms with Gasteiger partial charge in [-0.2, -0.15) is 0 Å². The van der Waals surface area contributed by atoms with E-state index in [1.807, 2.05) is 24.3 Å². The highest BCUT2D eigenvalue weighted by Gasteiger charge is 2.47. The van der Waals surface area contributed by atoms with E-state index in [0.717, 1.165) is 65.3 Å². The molecule has 4 fully saturated rings. The summed E-state index contributed by atoms with van der Waals surface area (Å²) in [5.41, 5.74) is 3.55. The Morgan fingerprint density at radius 2 is 2.00 bits per heavy atom. The maximum absolute atomic E-state index is 12.4. The van der Waals surface area contributed by atoms with Crippen LogP contribution >= 0.6 is 34.5 Å². The molecule has 4 atom stereocenters. The number of carbonyl (C=O) groups excluding carboxylic acids is 1. The molecule has 2 aromatic heterocycles. The van der Waals surface area contributed by atoms with Crippen molar-refractivity contribution in [1.82, 2.24) is 10.1 Å². The topological polar surface area (TPSA) is 96.2 Å². The zero-order valence-corrected chi connectivity index (χ0v) is 26.4. The van der Waals surface area contributed by atoms with Gasteiger partial charge in [0.15, 0.2) is 5.13 Å². The number of carbonyl (C=O) groups is 1. The van der Waals surface area contributed by atoms with Crippen molar-refractivity contribution in [2.24, 2.45) is 5.92 Å². The van der Waals surface area contributed by atoms with Crippen LogP contribution in [0.3, 0.4) is 0 Å². The smallest absolute Gasteiger partial charge is 0.338 e. The number of aromatic nitrogens is 2. The van der Waals surface area contributed by atoms with Crippen LogP contribution in [0.2, 0.25) is 10.0 Å². The van der Waals surface area contributed by atoms with Crippen molar-refractivity contribution in [2.75, 3.05) is 31.8 Å². The molecule has 12 heteroatoms. The number of hydrogen-bond acceptors (Lipinski definition) is 10. The van der Waals surface area contributed by atoms with E-state index in [9.17, 15) is 4.79 Å². The SMILES string of the molecule is COC(=O)c1cc(O[C@H]2CCOC2)c2nc(N3C[C@@H]4C[C@H]3C[C@H]4OCc3c(-c4c(Cl)cccc4Cl)noc3C3CC3)sc2c1. The Morgan fingerprint density at radius 1 is 1.16 bits per heavy atom. The molecule has 0 N–H and O–H groups in total. The maximum Gasteiger partial charge on any atom is 0.338 e. The Kier molecular flexibility index (Phi) is 7.45. The molecule has 2 aromatic carbocycles. The molecule has 230 valence electrons. The quantitative estimate of drug-likeness (QED) is 0.172. The van der Waals surface area contributed by atoms with Crippen molar-refractivity contribution in [3.8, 4) is 17.0 Å². The number of piperidine rings is 1. The standard InChI is InChI=1S/C32H31Cl2N3O6S/c1-39-31(38)17-10-25(42-20-7-8-40-14-20)29-26(11-17)44-32(35-29)37-13-18-9-19(37)12-24(18)41-15-21-28(36-43-30(21)16-5-6-16)27-22(33)3-2-4-23(27)34/h2-4,10-11,16,18-20,24H,5-9,12-15H2,1H3/t18-,19-,20-,24+/m0/s1. The average molecular weight is 657 g/mol. The van der Waals surface area contributed by atoms with Crippen molar-refractivity contribution in [1.29, 1.82) is 0 Å². The van der Waals surface area contributed by atoms with Crippen LogP contribution in [0.5, 0.6) is 5.75 Å². The third-order valence-electron chi connectivity index (χ3n) is 9.18. The fraction of sp³-hybridized carbons (Fsp3) is 0.469. The van der Waals surface area contributed by atoms with Crippen LogP contribution < -0.4 is 9.64 Å². The predicted molar refractivity (Wildman–Crippen MR) is 167 cm³/mol. The minimum absolute atomic E-state index is 0.0581. The van der Waals surface area contributed by atoms with E-state index in [1.165, 1.54) is 7.11 Å². The van der Waals surface area contributed by atoms with Gasteiger partial charge in [-0.05, 0) is 49.9 Å². The molecule has 2 aliphatic heterocycles. The lowest BCUT2D eigenvalue weighted by Crippen LogP contribution is -2.38. The lowest BCUT2D eigenvalue weighted by molar-refractivity contribution is 0.0122. The first-order valence-electron chi connectivity index (χ1n) is 15.0. The van der Waals surface area contributed by atoms with E-state index >= 15 is 0 Å². The monoisotopic (exact) mass is 655 g/mol. The summed E-state index contributed by atoms with van der Waals surface area (Å²) < 4.78 is 30.1. The van der Waals surface area contributed by atoms with Crippen LogP contribution in [0, 0.1) is 5.92 Å². The number of nitrogens with zero attached hydrogens (tertiary/aromatic N) is 3. The van der Waals surface area contributed by atoms with Crippen LogP contribution in [-0.2, 0) is 20.8 Å². The van der Waals surface area contributed by atoms with Crippen molar-refractivity contribution < 1.29 is 28.3 Å². The Bertz CT molecular complexity index is 1710. The third-order valence-corrected chi connectivity index (χ3v) is 10.9. The molecule has 4 aliphatic rings. The number of hydrogen-bond donors (Lipinski definition) is 0. The third kappa shape index (κ3) is 5.14. The Labute approximate surface area is 268 Å². The van der Waals surface area contributed by atoms with E-state index in [-0.39, 0.29) is 12.2 Å². The van der Waals surface area contributed by atoms with Crippen LogP contribution in [-0.4, -0.2) is 61.2 Å². The Morgan fingerprint density at radius 3 is 2.70 bits per heavy atom. The highest BCUT2D eigenvalue weighted by atomic mass is 35.5. The van der Waals surface area contributed by atoms with Crippen LogP contribution in [0.4, 0.5) is 5.13 Å². The summed E-state index contributed by atoms with van der Waals surface area (Å²) >= 11 is 14.7. The van der Waals surface area contributed by atoms with Gasteiger partial charge < -0.3 is 28.4 Å². The normalized spacial score (nSPS) is 24.5. The largest absolute Gasteiger partial charge is 0.486 e. The van der Waals surface area contributed by atoms with E-state index < -0.39 is 5.97 Å². The van der Waals surface area contributed by atoms with Crippen molar-refractivity contribution in [3.63, 3.8) is 0 Å². The first-order chi connectivity index (χ1) is 21.5. The molecular formula is C32H31Cl2N3O6S. The molecule has 4 aromatic rings. The van der Waals surface area contributed by atoms with Gasteiger partial charge in [-0.3, -0.25) is 0 Å². The van der Waals surface area contributed by atoms with Gasteiger partial charge >= 0.3 is 5.97 Å². The van der Waals surface area contributed by atoms with Gasteiger partial charge in [-0.15, -0.1) is 0 Å². The van der Waals surface area contributed by atoms with Gasteiger partial charge in [0.05, 0.1) is 53.3 Å². The molecule has 0 amide bonds. The summed E-state index contributed by atoms with van der Waals surface area (Å²) in [6.07, 6.45) is 4.99. The van der Waals surface area contributed by atoms with Crippen molar-refractivity contribution in [2.45, 2.75) is 62.9 Å². The first kappa shape index (κ1) is 28.6. The van der Waals surface area contributed by atoms with E-state index in [0.29, 0.717) is 70.3 Å². The number of anilines is 1. The maximum atomic E-state index is 12.4. The molecular weight excluding hydrogens is 625 g/mol. The summed E-state index contributed by atoms with van der Waals surface area (Å²) in [6, 6.07) is 9.37. The molecule has 9 nitrogen and oxygen atoms in total. The number of benzene rings is 2. The highest BCUT2D eigenvalue weighted by Crippen LogP contribution is 2.48. The number of ether oxygens (including phenoxy) is 4. The predicted octanol–water partition coefficient (Wildman–Crippen LogP) is 7.27.